The van der Waals surface area contributed by atoms with Gasteiger partial charge in [-0.25, -0.2) is 14.4 Å². The van der Waals surface area contributed by atoms with E-state index in [2.05, 4.69) is 45.2 Å². The normalized spacial score (nSPS) is 13.9. The molecule has 1 amide bonds. The van der Waals surface area contributed by atoms with Crippen molar-refractivity contribution in [2.45, 2.75) is 51.4 Å². The van der Waals surface area contributed by atoms with E-state index in [1.807, 2.05) is 91.3 Å². The van der Waals surface area contributed by atoms with Crippen LogP contribution in [0.15, 0.2) is 85.5 Å². The number of nitrogens with zero attached hydrogens (tertiary/aromatic N) is 9. The Kier molecular flexibility index (Phi) is 7.66. The maximum absolute atomic E-state index is 11.7. The van der Waals surface area contributed by atoms with E-state index >= 15 is 0 Å². The van der Waals surface area contributed by atoms with Crippen LogP contribution in [0.4, 0.5) is 5.82 Å². The van der Waals surface area contributed by atoms with Gasteiger partial charge in [0, 0.05) is 69.1 Å². The van der Waals surface area contributed by atoms with Gasteiger partial charge >= 0.3 is 0 Å². The van der Waals surface area contributed by atoms with E-state index in [0.717, 1.165) is 86.3 Å². The molecule has 13 heteroatoms. The number of hydrogen-bond donors (Lipinski definition) is 3. The summed E-state index contributed by atoms with van der Waals surface area (Å²) in [6.45, 7) is 11.3. The van der Waals surface area contributed by atoms with Gasteiger partial charge in [-0.15, -0.1) is 0 Å². The van der Waals surface area contributed by atoms with Crippen molar-refractivity contribution in [3.8, 4) is 45.0 Å². The van der Waals surface area contributed by atoms with E-state index in [4.69, 9.17) is 12.3 Å². The van der Waals surface area contributed by atoms with Gasteiger partial charge < -0.3 is 10.6 Å². The van der Waals surface area contributed by atoms with Crippen LogP contribution in [0.2, 0.25) is 0 Å². The molecule has 0 aliphatic heterocycles. The maximum atomic E-state index is 11.7. The molecular formula is C40H34N12O. The number of fused-ring (bicyclic) bond motifs is 2. The highest BCUT2D eigenvalue weighted by atomic mass is 16.1. The molecule has 13 nitrogen and oxygen atoms in total. The number of nitrogens with one attached hydrogen (secondary N) is 2. The van der Waals surface area contributed by atoms with Gasteiger partial charge in [0.25, 0.3) is 11.7 Å². The van der Waals surface area contributed by atoms with Crippen molar-refractivity contribution in [1.82, 2.24) is 49.1 Å². The number of aromatic amines is 2. The molecule has 2 fully saturated rings. The second-order valence-electron chi connectivity index (χ2n) is 13.6. The zero-order chi connectivity index (χ0) is 36.2. The monoisotopic (exact) mass is 698 g/mol. The number of hydrogen-bond acceptors (Lipinski definition) is 7. The van der Waals surface area contributed by atoms with Crippen LogP contribution in [0.5, 0.6) is 0 Å². The Balaban J connectivity index is 0.000000141. The van der Waals surface area contributed by atoms with Crippen molar-refractivity contribution >= 4 is 23.0 Å². The van der Waals surface area contributed by atoms with E-state index in [1.165, 1.54) is 19.0 Å². The molecule has 0 unspecified atom stereocenters. The Hall–Kier alpha value is -6.94. The van der Waals surface area contributed by atoms with Crippen LogP contribution in [-0.4, -0.2) is 55.0 Å². The molecule has 0 spiro atoms. The minimum atomic E-state index is -0.505. The highest BCUT2D eigenvalue weighted by molar-refractivity contribution is 5.92. The van der Waals surface area contributed by atoms with E-state index in [-0.39, 0.29) is 0 Å². The predicted molar refractivity (Wildman–Crippen MR) is 200 cm³/mol. The molecule has 0 aromatic carbocycles. The average molecular weight is 699 g/mol. The third kappa shape index (κ3) is 5.89. The van der Waals surface area contributed by atoms with Crippen LogP contribution in [0.1, 0.15) is 70.8 Å². The highest BCUT2D eigenvalue weighted by Gasteiger charge is 2.32. The van der Waals surface area contributed by atoms with Crippen molar-refractivity contribution in [3.63, 3.8) is 0 Å². The first-order valence-electron chi connectivity index (χ1n) is 17.5. The van der Waals surface area contributed by atoms with Gasteiger partial charge in [0.2, 0.25) is 5.65 Å². The van der Waals surface area contributed by atoms with E-state index in [0.29, 0.717) is 29.0 Å². The van der Waals surface area contributed by atoms with Gasteiger partial charge in [-0.2, -0.15) is 10.2 Å². The molecule has 0 saturated heterocycles. The summed E-state index contributed by atoms with van der Waals surface area (Å²) in [4.78, 5) is 33.1. The Bertz CT molecular complexity index is 2730. The first kappa shape index (κ1) is 32.0. The minimum absolute atomic E-state index is 0.360. The predicted octanol–water partition coefficient (Wildman–Crippen LogP) is 7.59. The van der Waals surface area contributed by atoms with Gasteiger partial charge in [-0.3, -0.25) is 29.4 Å². The third-order valence-corrected chi connectivity index (χ3v) is 9.76. The van der Waals surface area contributed by atoms with Crippen LogP contribution in [0.25, 0.3) is 61.2 Å². The van der Waals surface area contributed by atoms with Gasteiger partial charge in [0.05, 0.1) is 30.0 Å². The van der Waals surface area contributed by atoms with E-state index < -0.39 is 5.91 Å². The number of amides is 1. The minimum Gasteiger partial charge on any atom is -0.364 e. The molecule has 2 aliphatic rings. The summed E-state index contributed by atoms with van der Waals surface area (Å²) in [5.41, 5.74) is 18.9. The van der Waals surface area contributed by atoms with Crippen molar-refractivity contribution < 1.29 is 4.79 Å². The topological polar surface area (TPSA) is 165 Å². The Morgan fingerprint density at radius 1 is 0.736 bits per heavy atom. The molecule has 53 heavy (non-hydrogen) atoms. The number of imidazole rings is 2. The van der Waals surface area contributed by atoms with Crippen molar-refractivity contribution in [2.75, 3.05) is 0 Å². The number of primary amides is 1. The molecule has 2 saturated carbocycles. The van der Waals surface area contributed by atoms with Gasteiger partial charge in [0.15, 0.2) is 0 Å². The van der Waals surface area contributed by atoms with Gasteiger partial charge in [-0.1, -0.05) is 18.7 Å². The second kappa shape index (κ2) is 12.7. The Morgan fingerprint density at radius 2 is 1.25 bits per heavy atom. The smallest absolute Gasteiger partial charge is 0.267 e. The van der Waals surface area contributed by atoms with Crippen molar-refractivity contribution in [3.05, 3.63) is 125 Å². The quantitative estimate of drug-likeness (QED) is 0.144. The van der Waals surface area contributed by atoms with Crippen LogP contribution in [0, 0.1) is 20.4 Å². The van der Waals surface area contributed by atoms with Crippen molar-refractivity contribution in [2.24, 2.45) is 5.73 Å². The average Bonchev–Trinajstić information content (AvgIpc) is 3.99. The largest absolute Gasteiger partial charge is 0.364 e. The molecular weight excluding hydrogens is 665 g/mol. The SMILES string of the molecule is Cc1cccc(-c2n[nH]c(C3CC3)c2-c2ccc3ncc(C(N)=O)n3c2)n1.[C-]#[N+]c1cnc2ccc(-c3c(-c4cccc(C)n4)n[nH]c3C3CC3)cn12. The summed E-state index contributed by atoms with van der Waals surface area (Å²) in [5, 5.41) is 15.7. The highest BCUT2D eigenvalue weighted by Crippen LogP contribution is 2.47. The lowest BCUT2D eigenvalue weighted by Gasteiger charge is -2.08. The summed E-state index contributed by atoms with van der Waals surface area (Å²) < 4.78 is 3.56. The number of H-pyrrole nitrogens is 2. The number of carbonyl (C=O) groups excluding carboxylic acids is 1. The fourth-order valence-corrected chi connectivity index (χ4v) is 6.86. The molecule has 0 radical (unpaired) electrons. The number of aromatic nitrogens is 10. The molecule has 4 N–H and O–H groups in total. The molecule has 260 valence electrons. The van der Waals surface area contributed by atoms with Crippen molar-refractivity contribution in [1.29, 1.82) is 0 Å². The van der Waals surface area contributed by atoms with Crippen LogP contribution in [-0.2, 0) is 0 Å². The lowest BCUT2D eigenvalue weighted by atomic mass is 10.0. The number of pyridine rings is 4. The number of rotatable bonds is 7. The third-order valence-electron chi connectivity index (χ3n) is 9.76. The lowest BCUT2D eigenvalue weighted by molar-refractivity contribution is 0.0994. The molecule has 0 bridgehead atoms. The van der Waals surface area contributed by atoms with E-state index in [9.17, 15) is 4.79 Å². The zero-order valence-corrected chi connectivity index (χ0v) is 29.1. The van der Waals surface area contributed by atoms with Crippen LogP contribution in [0.3, 0.4) is 0 Å². The fourth-order valence-electron chi connectivity index (χ4n) is 6.86. The molecule has 8 aromatic heterocycles. The number of aryl methyl sites for hydroxylation is 2. The maximum Gasteiger partial charge on any atom is 0.267 e. The molecule has 2 aliphatic carbocycles. The molecule has 8 heterocycles. The first-order valence-corrected chi connectivity index (χ1v) is 17.5. The standard InChI is InChI=1S/C20H18N6O.C20H16N6/c1-11-3-2-4-14(23-11)19-17(18(24-25-19)12-5-6-12)13-7-8-16-22-9-15(20(21)27)26(16)10-13;1-12-4-3-5-15(23-12)20-18(19(24-25-20)13-6-7-13)14-8-9-16-22-10-17(21-2)26(16)11-14/h2-4,7-10,12H,5-6H2,1H3,(H2,21,27)(H,24,25);3-5,8-11,13H,6-7H2,1H3,(H,24,25). The first-order chi connectivity index (χ1) is 25.9. The van der Waals surface area contributed by atoms with E-state index in [1.54, 1.807) is 10.6 Å². The summed E-state index contributed by atoms with van der Waals surface area (Å²) in [7, 11) is 0. The summed E-state index contributed by atoms with van der Waals surface area (Å²) in [6.07, 6.45) is 11.6. The molecule has 8 aromatic rings. The number of carbonyl (C=O) groups is 1. The van der Waals surface area contributed by atoms with Gasteiger partial charge in [0.1, 0.15) is 22.7 Å². The lowest BCUT2D eigenvalue weighted by Crippen LogP contribution is -2.13. The Labute approximate surface area is 303 Å². The number of nitrogens with two attached hydrogens (primary N) is 1. The van der Waals surface area contributed by atoms with Crippen LogP contribution < -0.4 is 5.73 Å². The fraction of sp³-hybridized carbons (Fsp3) is 0.200. The molecule has 10 rings (SSSR count). The second-order valence-corrected chi connectivity index (χ2v) is 13.6. The summed E-state index contributed by atoms with van der Waals surface area (Å²) >= 11 is 0. The Morgan fingerprint density at radius 3 is 1.74 bits per heavy atom. The summed E-state index contributed by atoms with van der Waals surface area (Å²) in [6, 6.07) is 19.8. The van der Waals surface area contributed by atoms with Crippen LogP contribution >= 0.6 is 0 Å². The molecule has 0 atom stereocenters. The van der Waals surface area contributed by atoms with Gasteiger partial charge in [-0.05, 0) is 82.0 Å². The summed E-state index contributed by atoms with van der Waals surface area (Å²) in [5.74, 6) is 1.01. The zero-order valence-electron chi connectivity index (χ0n) is 29.1.